The maximum atomic E-state index is 12.1. The Labute approximate surface area is 139 Å². The third kappa shape index (κ3) is 3.60. The molecule has 0 unspecified atom stereocenters. The van der Waals surface area contributed by atoms with Crippen LogP contribution in [0.25, 0.3) is 0 Å². The van der Waals surface area contributed by atoms with Crippen molar-refractivity contribution < 1.29 is 14.4 Å². The van der Waals surface area contributed by atoms with Crippen LogP contribution in [-0.2, 0) is 17.9 Å². The average molecular weight is 323 g/mol. The number of benzene rings is 2. The molecule has 24 heavy (non-hydrogen) atoms. The van der Waals surface area contributed by atoms with E-state index in [1.807, 2.05) is 30.3 Å². The Hall–Kier alpha value is -3.15. The number of carbonyl (C=O) groups excluding carboxylic acids is 3. The number of hydrogen-bond acceptors (Lipinski definition) is 3. The van der Waals surface area contributed by atoms with Crippen molar-refractivity contribution in [2.45, 2.75) is 13.1 Å². The van der Waals surface area contributed by atoms with Crippen LogP contribution in [0.5, 0.6) is 0 Å². The lowest BCUT2D eigenvalue weighted by Gasteiger charge is -2.12. The third-order valence-electron chi connectivity index (χ3n) is 3.79. The molecule has 1 saturated heterocycles. The van der Waals surface area contributed by atoms with Crippen LogP contribution in [0.15, 0.2) is 54.6 Å². The average Bonchev–Trinajstić information content (AvgIpc) is 2.93. The molecule has 6 nitrogen and oxygen atoms in total. The van der Waals surface area contributed by atoms with Crippen LogP contribution in [0.3, 0.4) is 0 Å². The van der Waals surface area contributed by atoms with Gasteiger partial charge in [0, 0.05) is 12.1 Å². The zero-order chi connectivity index (χ0) is 16.9. The van der Waals surface area contributed by atoms with Gasteiger partial charge in [-0.25, -0.2) is 4.79 Å². The van der Waals surface area contributed by atoms with Crippen molar-refractivity contribution in [3.05, 3.63) is 71.3 Å². The van der Waals surface area contributed by atoms with Gasteiger partial charge in [-0.2, -0.15) is 0 Å². The molecule has 4 amide bonds. The molecule has 0 saturated carbocycles. The highest BCUT2D eigenvalue weighted by Crippen LogP contribution is 2.10. The van der Waals surface area contributed by atoms with Gasteiger partial charge in [0.15, 0.2) is 0 Å². The summed E-state index contributed by atoms with van der Waals surface area (Å²) in [6.07, 6.45) is 0. The Bertz CT molecular complexity index is 741. The molecular weight excluding hydrogens is 306 g/mol. The van der Waals surface area contributed by atoms with Crippen LogP contribution in [0.1, 0.15) is 21.5 Å². The number of hydrogen-bond donors (Lipinski definition) is 2. The summed E-state index contributed by atoms with van der Waals surface area (Å²) in [5, 5.41) is 5.33. The summed E-state index contributed by atoms with van der Waals surface area (Å²) in [5.74, 6) is -0.412. The van der Waals surface area contributed by atoms with Gasteiger partial charge in [-0.3, -0.25) is 14.5 Å². The summed E-state index contributed by atoms with van der Waals surface area (Å²) < 4.78 is 0. The van der Waals surface area contributed by atoms with Crippen LogP contribution in [0.4, 0.5) is 4.79 Å². The zero-order valence-electron chi connectivity index (χ0n) is 13.0. The van der Waals surface area contributed by atoms with Gasteiger partial charge >= 0.3 is 6.03 Å². The minimum Gasteiger partial charge on any atom is -0.348 e. The van der Waals surface area contributed by atoms with E-state index in [1.165, 1.54) is 0 Å². The van der Waals surface area contributed by atoms with E-state index in [2.05, 4.69) is 10.6 Å². The van der Waals surface area contributed by atoms with Crippen molar-refractivity contribution in [3.63, 3.8) is 0 Å². The molecule has 122 valence electrons. The Morgan fingerprint density at radius 1 is 1.00 bits per heavy atom. The van der Waals surface area contributed by atoms with Gasteiger partial charge in [-0.05, 0) is 23.3 Å². The van der Waals surface area contributed by atoms with E-state index >= 15 is 0 Å². The smallest absolute Gasteiger partial charge is 0.324 e. The normalized spacial score (nSPS) is 13.8. The van der Waals surface area contributed by atoms with Crippen LogP contribution in [-0.4, -0.2) is 29.3 Å². The highest BCUT2D eigenvalue weighted by atomic mass is 16.2. The Balaban J connectivity index is 1.58. The molecule has 0 spiro atoms. The lowest BCUT2D eigenvalue weighted by Crippen LogP contribution is -2.30. The molecule has 0 bridgehead atoms. The second-order valence-electron chi connectivity index (χ2n) is 5.50. The van der Waals surface area contributed by atoms with Crippen LogP contribution in [0, 0.1) is 0 Å². The summed E-state index contributed by atoms with van der Waals surface area (Å²) in [6, 6.07) is 16.1. The van der Waals surface area contributed by atoms with Gasteiger partial charge in [-0.15, -0.1) is 0 Å². The number of rotatable bonds is 5. The Morgan fingerprint density at radius 3 is 2.33 bits per heavy atom. The molecule has 0 aromatic heterocycles. The lowest BCUT2D eigenvalue weighted by atomic mass is 10.1. The van der Waals surface area contributed by atoms with Crippen molar-refractivity contribution in [1.29, 1.82) is 0 Å². The van der Waals surface area contributed by atoms with Crippen LogP contribution in [0.2, 0.25) is 0 Å². The number of imide groups is 1. The fraction of sp³-hybridized carbons (Fsp3) is 0.167. The molecule has 0 atom stereocenters. The van der Waals surface area contributed by atoms with Gasteiger partial charge in [0.2, 0.25) is 5.91 Å². The molecule has 1 aliphatic rings. The van der Waals surface area contributed by atoms with Crippen molar-refractivity contribution in [3.8, 4) is 0 Å². The maximum absolute atomic E-state index is 12.1. The highest BCUT2D eigenvalue weighted by Gasteiger charge is 2.28. The fourth-order valence-electron chi connectivity index (χ4n) is 2.44. The Morgan fingerprint density at radius 2 is 1.71 bits per heavy atom. The second kappa shape index (κ2) is 6.95. The number of nitrogens with zero attached hydrogens (tertiary/aromatic N) is 1. The minimum atomic E-state index is -0.385. The quantitative estimate of drug-likeness (QED) is 0.822. The molecule has 0 radical (unpaired) electrons. The third-order valence-corrected chi connectivity index (χ3v) is 3.79. The fourth-order valence-corrected chi connectivity index (χ4v) is 2.44. The molecule has 1 heterocycles. The number of urea groups is 1. The highest BCUT2D eigenvalue weighted by molar-refractivity contribution is 6.01. The first-order valence-electron chi connectivity index (χ1n) is 7.63. The molecule has 2 N–H and O–H groups in total. The van der Waals surface area contributed by atoms with E-state index in [0.29, 0.717) is 12.1 Å². The van der Waals surface area contributed by atoms with Crippen LogP contribution >= 0.6 is 0 Å². The summed E-state index contributed by atoms with van der Waals surface area (Å²) in [7, 11) is 0. The summed E-state index contributed by atoms with van der Waals surface area (Å²) in [4.78, 5) is 36.4. The topological polar surface area (TPSA) is 78.5 Å². The zero-order valence-corrected chi connectivity index (χ0v) is 13.0. The molecule has 2 aromatic carbocycles. The van der Waals surface area contributed by atoms with Crippen molar-refractivity contribution >= 4 is 17.8 Å². The number of amides is 4. The van der Waals surface area contributed by atoms with Crippen molar-refractivity contribution in [2.24, 2.45) is 0 Å². The van der Waals surface area contributed by atoms with E-state index in [9.17, 15) is 14.4 Å². The van der Waals surface area contributed by atoms with Gasteiger partial charge in [0.05, 0.1) is 13.1 Å². The summed E-state index contributed by atoms with van der Waals surface area (Å²) >= 11 is 0. The minimum absolute atomic E-state index is 0.0405. The van der Waals surface area contributed by atoms with E-state index in [4.69, 9.17) is 0 Å². The first kappa shape index (κ1) is 15.7. The van der Waals surface area contributed by atoms with E-state index in [1.54, 1.807) is 24.3 Å². The lowest BCUT2D eigenvalue weighted by molar-refractivity contribution is -0.125. The summed E-state index contributed by atoms with van der Waals surface area (Å²) in [5.41, 5.74) is 2.35. The molecular formula is C18H17N3O3. The Kier molecular flexibility index (Phi) is 4.56. The molecule has 0 aliphatic carbocycles. The second-order valence-corrected chi connectivity index (χ2v) is 5.50. The predicted octanol–water partition coefficient (Wildman–Crippen LogP) is 1.67. The maximum Gasteiger partial charge on any atom is 0.324 e. The SMILES string of the molecule is O=C(NCc1ccccc1)c1ccc(CN2C(=O)CNC2=O)cc1. The number of carbonyl (C=O) groups is 3. The monoisotopic (exact) mass is 323 g/mol. The standard InChI is InChI=1S/C18H17N3O3/c22-16-11-20-18(24)21(16)12-14-6-8-15(9-7-14)17(23)19-10-13-4-2-1-3-5-13/h1-9H,10-12H2,(H,19,23)(H,20,24). The van der Waals surface area contributed by atoms with Gasteiger partial charge in [-0.1, -0.05) is 42.5 Å². The molecule has 2 aromatic rings. The van der Waals surface area contributed by atoms with E-state index < -0.39 is 0 Å². The van der Waals surface area contributed by atoms with E-state index in [0.717, 1.165) is 16.0 Å². The largest absolute Gasteiger partial charge is 0.348 e. The molecule has 1 fully saturated rings. The van der Waals surface area contributed by atoms with Gasteiger partial charge in [0.1, 0.15) is 0 Å². The molecule has 6 heteroatoms. The molecule has 3 rings (SSSR count). The predicted molar refractivity (Wildman–Crippen MR) is 88.0 cm³/mol. The number of nitrogens with one attached hydrogen (secondary N) is 2. The van der Waals surface area contributed by atoms with Crippen molar-refractivity contribution in [2.75, 3.05) is 6.54 Å². The van der Waals surface area contributed by atoms with Gasteiger partial charge < -0.3 is 10.6 Å². The van der Waals surface area contributed by atoms with Gasteiger partial charge in [0.25, 0.3) is 5.91 Å². The molecule has 1 aliphatic heterocycles. The first-order chi connectivity index (χ1) is 11.6. The first-order valence-corrected chi connectivity index (χ1v) is 7.63. The van der Waals surface area contributed by atoms with E-state index in [-0.39, 0.29) is 30.9 Å². The van der Waals surface area contributed by atoms with Crippen LogP contribution < -0.4 is 10.6 Å². The summed E-state index contributed by atoms with van der Waals surface area (Å²) in [6.45, 7) is 0.708. The van der Waals surface area contributed by atoms with Crippen molar-refractivity contribution in [1.82, 2.24) is 15.5 Å².